The van der Waals surface area contributed by atoms with E-state index in [-0.39, 0.29) is 11.3 Å². The maximum absolute atomic E-state index is 14.5. The van der Waals surface area contributed by atoms with Crippen molar-refractivity contribution in [2.24, 2.45) is 0 Å². The molecule has 0 aliphatic heterocycles. The van der Waals surface area contributed by atoms with Crippen LogP contribution in [0.2, 0.25) is 0 Å². The lowest BCUT2D eigenvalue weighted by molar-refractivity contribution is 0.0734. The summed E-state index contributed by atoms with van der Waals surface area (Å²) < 4.78 is 25.5. The zero-order valence-corrected chi connectivity index (χ0v) is 24.3. The molecule has 0 aliphatic carbocycles. The van der Waals surface area contributed by atoms with Crippen molar-refractivity contribution in [1.82, 2.24) is 9.97 Å². The number of hydrogen-bond acceptors (Lipinski definition) is 5. The van der Waals surface area contributed by atoms with Gasteiger partial charge in [-0.3, -0.25) is 0 Å². The zero-order valence-electron chi connectivity index (χ0n) is 24.3. The number of aryl methyl sites for hydroxylation is 1. The molecule has 3 aromatic rings. The fourth-order valence-electron chi connectivity index (χ4n) is 4.57. The highest BCUT2D eigenvalue weighted by Gasteiger charge is 2.13. The Morgan fingerprint density at radius 3 is 1.98 bits per heavy atom. The molecule has 0 amide bonds. The van der Waals surface area contributed by atoms with Gasteiger partial charge < -0.3 is 9.47 Å². The first-order valence-electron chi connectivity index (χ1n) is 15.2. The Morgan fingerprint density at radius 1 is 0.750 bits per heavy atom. The standard InChI is InChI=1S/C34H45FN2O3/c1-3-5-7-9-11-13-15-23-39-32-22-19-29(24-31(32)35)34(38)40-30-20-17-28(18-21-30)33-36-25-27(26-37-33)16-14-12-10-8-6-4-2/h17-22,24-26H,3-16,23H2,1-2H3. The van der Waals surface area contributed by atoms with Crippen molar-refractivity contribution in [3.8, 4) is 22.9 Å². The predicted molar refractivity (Wildman–Crippen MR) is 159 cm³/mol. The van der Waals surface area contributed by atoms with Crippen molar-refractivity contribution in [1.29, 1.82) is 0 Å². The summed E-state index contributed by atoms with van der Waals surface area (Å²) in [7, 11) is 0. The smallest absolute Gasteiger partial charge is 0.343 e. The van der Waals surface area contributed by atoms with Crippen LogP contribution in [0.25, 0.3) is 11.4 Å². The van der Waals surface area contributed by atoms with Crippen molar-refractivity contribution in [2.75, 3.05) is 6.61 Å². The van der Waals surface area contributed by atoms with Gasteiger partial charge in [0.1, 0.15) is 5.75 Å². The zero-order chi connectivity index (χ0) is 28.4. The number of carbonyl (C=O) groups excluding carboxylic acids is 1. The van der Waals surface area contributed by atoms with E-state index in [1.165, 1.54) is 76.3 Å². The van der Waals surface area contributed by atoms with Gasteiger partial charge in [-0.15, -0.1) is 0 Å². The Morgan fingerprint density at radius 2 is 1.35 bits per heavy atom. The first-order valence-corrected chi connectivity index (χ1v) is 15.2. The van der Waals surface area contributed by atoms with Crippen LogP contribution in [0, 0.1) is 5.82 Å². The van der Waals surface area contributed by atoms with Crippen molar-refractivity contribution in [3.05, 3.63) is 71.8 Å². The van der Waals surface area contributed by atoms with Gasteiger partial charge in [0.2, 0.25) is 0 Å². The molecular weight excluding hydrogens is 503 g/mol. The second-order valence-corrected chi connectivity index (χ2v) is 10.5. The van der Waals surface area contributed by atoms with E-state index in [4.69, 9.17) is 9.47 Å². The molecule has 40 heavy (non-hydrogen) atoms. The van der Waals surface area contributed by atoms with E-state index in [9.17, 15) is 9.18 Å². The Hall–Kier alpha value is -3.28. The van der Waals surface area contributed by atoms with Gasteiger partial charge in [0.25, 0.3) is 0 Å². The summed E-state index contributed by atoms with van der Waals surface area (Å²) in [6.07, 6.45) is 20.5. The minimum atomic E-state index is -0.624. The van der Waals surface area contributed by atoms with E-state index >= 15 is 0 Å². The molecule has 0 atom stereocenters. The molecule has 5 nitrogen and oxygen atoms in total. The van der Waals surface area contributed by atoms with Crippen LogP contribution in [0.5, 0.6) is 11.5 Å². The van der Waals surface area contributed by atoms with E-state index < -0.39 is 11.8 Å². The fourth-order valence-corrected chi connectivity index (χ4v) is 4.57. The van der Waals surface area contributed by atoms with Crippen LogP contribution in [-0.2, 0) is 6.42 Å². The summed E-state index contributed by atoms with van der Waals surface area (Å²) in [5.74, 6) is -0.0397. The molecule has 216 valence electrons. The molecule has 2 aromatic carbocycles. The number of unbranched alkanes of at least 4 members (excludes halogenated alkanes) is 11. The second kappa shape index (κ2) is 18.1. The van der Waals surface area contributed by atoms with E-state index in [0.29, 0.717) is 18.2 Å². The number of hydrogen-bond donors (Lipinski definition) is 0. The summed E-state index contributed by atoms with van der Waals surface area (Å²) in [6.45, 7) is 4.90. The first-order chi connectivity index (χ1) is 19.6. The van der Waals surface area contributed by atoms with Crippen molar-refractivity contribution in [2.45, 2.75) is 104 Å². The molecular formula is C34H45FN2O3. The molecule has 0 aliphatic rings. The van der Waals surface area contributed by atoms with E-state index in [2.05, 4.69) is 23.8 Å². The molecule has 0 radical (unpaired) electrons. The fraction of sp³-hybridized carbons (Fsp3) is 0.500. The van der Waals surface area contributed by atoms with Crippen molar-refractivity contribution in [3.63, 3.8) is 0 Å². The van der Waals surface area contributed by atoms with Crippen LogP contribution in [-0.4, -0.2) is 22.5 Å². The molecule has 0 spiro atoms. The molecule has 0 fully saturated rings. The molecule has 3 rings (SSSR count). The average Bonchev–Trinajstić information content (AvgIpc) is 2.97. The van der Waals surface area contributed by atoms with Crippen LogP contribution in [0.4, 0.5) is 4.39 Å². The number of halogens is 1. The summed E-state index contributed by atoms with van der Waals surface area (Å²) in [6, 6.07) is 11.2. The van der Waals surface area contributed by atoms with Crippen LogP contribution >= 0.6 is 0 Å². The topological polar surface area (TPSA) is 61.3 Å². The van der Waals surface area contributed by atoms with Crippen molar-refractivity contribution >= 4 is 5.97 Å². The minimum absolute atomic E-state index is 0.133. The van der Waals surface area contributed by atoms with Gasteiger partial charge in [-0.05, 0) is 67.3 Å². The number of ether oxygens (including phenoxy) is 2. The Kier molecular flexibility index (Phi) is 14.2. The highest BCUT2D eigenvalue weighted by atomic mass is 19.1. The van der Waals surface area contributed by atoms with Gasteiger partial charge in [0.15, 0.2) is 17.4 Å². The summed E-state index contributed by atoms with van der Waals surface area (Å²) in [5.41, 5.74) is 2.11. The number of benzene rings is 2. The number of esters is 1. The van der Waals surface area contributed by atoms with Gasteiger partial charge in [0.05, 0.1) is 12.2 Å². The maximum Gasteiger partial charge on any atom is 0.343 e. The predicted octanol–water partition coefficient (Wildman–Crippen LogP) is 9.53. The molecule has 0 saturated carbocycles. The SMILES string of the molecule is CCCCCCCCCOc1ccc(C(=O)Oc2ccc(-c3ncc(CCCCCCCC)cn3)cc2)cc1F. The van der Waals surface area contributed by atoms with Crippen LogP contribution in [0.3, 0.4) is 0 Å². The molecule has 1 aromatic heterocycles. The van der Waals surface area contributed by atoms with Gasteiger partial charge in [-0.2, -0.15) is 0 Å². The Labute approximate surface area is 239 Å². The lowest BCUT2D eigenvalue weighted by atomic mass is 10.1. The van der Waals surface area contributed by atoms with Crippen LogP contribution in [0.1, 0.15) is 113 Å². The largest absolute Gasteiger partial charge is 0.491 e. The third kappa shape index (κ3) is 11.1. The number of carbonyl (C=O) groups is 1. The first kappa shape index (κ1) is 31.3. The number of nitrogens with zero attached hydrogens (tertiary/aromatic N) is 2. The molecule has 6 heteroatoms. The average molecular weight is 549 g/mol. The Bertz CT molecular complexity index is 1130. The summed E-state index contributed by atoms with van der Waals surface area (Å²) >= 11 is 0. The lowest BCUT2D eigenvalue weighted by Crippen LogP contribution is -2.09. The minimum Gasteiger partial charge on any atom is -0.491 e. The Balaban J connectivity index is 1.43. The van der Waals surface area contributed by atoms with E-state index in [0.717, 1.165) is 42.9 Å². The highest BCUT2D eigenvalue weighted by Crippen LogP contribution is 2.23. The highest BCUT2D eigenvalue weighted by molar-refractivity contribution is 5.91. The number of aromatic nitrogens is 2. The molecule has 0 N–H and O–H groups in total. The third-order valence-corrected chi connectivity index (χ3v) is 7.02. The lowest BCUT2D eigenvalue weighted by Gasteiger charge is -2.09. The van der Waals surface area contributed by atoms with Gasteiger partial charge in [-0.25, -0.2) is 19.2 Å². The van der Waals surface area contributed by atoms with Gasteiger partial charge in [-0.1, -0.05) is 84.5 Å². The quantitative estimate of drug-likeness (QED) is 0.0848. The number of rotatable bonds is 19. The maximum atomic E-state index is 14.5. The normalized spacial score (nSPS) is 11.0. The second-order valence-electron chi connectivity index (χ2n) is 10.5. The molecule has 1 heterocycles. The monoisotopic (exact) mass is 548 g/mol. The summed E-state index contributed by atoms with van der Waals surface area (Å²) in [4.78, 5) is 21.6. The molecule has 0 unspecified atom stereocenters. The van der Waals surface area contributed by atoms with Crippen LogP contribution in [0.15, 0.2) is 54.9 Å². The molecule has 0 bridgehead atoms. The van der Waals surface area contributed by atoms with Crippen LogP contribution < -0.4 is 9.47 Å². The van der Waals surface area contributed by atoms with E-state index in [1.807, 2.05) is 24.5 Å². The summed E-state index contributed by atoms with van der Waals surface area (Å²) in [5, 5.41) is 0. The van der Waals surface area contributed by atoms with Gasteiger partial charge in [0, 0.05) is 18.0 Å². The van der Waals surface area contributed by atoms with Gasteiger partial charge >= 0.3 is 5.97 Å². The third-order valence-electron chi connectivity index (χ3n) is 7.02. The van der Waals surface area contributed by atoms with E-state index in [1.54, 1.807) is 12.1 Å². The van der Waals surface area contributed by atoms with Crippen molar-refractivity contribution < 1.29 is 18.7 Å². The molecule has 0 saturated heterocycles.